The Labute approximate surface area is 160 Å². The van der Waals surface area contributed by atoms with Crippen molar-refractivity contribution in [2.45, 2.75) is 25.5 Å². The van der Waals surface area contributed by atoms with E-state index in [1.807, 2.05) is 18.2 Å². The van der Waals surface area contributed by atoms with Gasteiger partial charge in [-0.1, -0.05) is 61.2 Å². The Morgan fingerprint density at radius 2 is 1.81 bits per heavy atom. The Hall–Kier alpha value is -2.27. The van der Waals surface area contributed by atoms with Gasteiger partial charge >= 0.3 is 0 Å². The summed E-state index contributed by atoms with van der Waals surface area (Å²) in [5.74, 6) is 1.65. The fraction of sp³-hybridized carbons (Fsp3) is 0.333. The van der Waals surface area contributed by atoms with Crippen LogP contribution in [0.1, 0.15) is 30.9 Å². The molecule has 2 aromatic carbocycles. The monoisotopic (exact) mass is 366 g/mol. The molecule has 5 heteroatoms. The topological polar surface area (TPSA) is 54.0 Å². The molecule has 0 bridgehead atoms. The van der Waals surface area contributed by atoms with E-state index in [1.54, 1.807) is 6.21 Å². The van der Waals surface area contributed by atoms with E-state index >= 15 is 0 Å². The third-order valence-electron chi connectivity index (χ3n) is 4.63. The summed E-state index contributed by atoms with van der Waals surface area (Å²) in [6.07, 6.45) is 4.30. The highest BCUT2D eigenvalue weighted by Crippen LogP contribution is 2.22. The van der Waals surface area contributed by atoms with Crippen LogP contribution in [0.25, 0.3) is 0 Å². The van der Waals surface area contributed by atoms with Gasteiger partial charge in [-0.2, -0.15) is 5.10 Å². The second-order valence-electron chi connectivity index (χ2n) is 6.72. The zero-order valence-corrected chi connectivity index (χ0v) is 16.0. The van der Waals surface area contributed by atoms with E-state index in [-0.39, 0.29) is 0 Å². The molecular weight excluding hydrogens is 340 g/mol. The number of hydrogen-bond donors (Lipinski definition) is 1. The molecule has 0 atom stereocenters. The van der Waals surface area contributed by atoms with E-state index in [1.165, 1.54) is 35.9 Å². The minimum atomic E-state index is 0.476. The summed E-state index contributed by atoms with van der Waals surface area (Å²) >= 11 is 1.49. The quantitative estimate of drug-likeness (QED) is 0.481. The highest BCUT2D eigenvalue weighted by molar-refractivity contribution is 8.13. The van der Waals surface area contributed by atoms with Gasteiger partial charge in [0.25, 0.3) is 0 Å². The summed E-state index contributed by atoms with van der Waals surface area (Å²) in [6.45, 7) is 4.63. The molecule has 2 N–H and O–H groups in total. The SMILES string of the molecule is CC1CCN(c2ccc(C=NN=C(N)SCc3ccccc3)cc2)CC1. The Bertz CT molecular complexity index is 732. The molecule has 4 nitrogen and oxygen atoms in total. The minimum absolute atomic E-state index is 0.476. The molecule has 0 aromatic heterocycles. The first-order chi connectivity index (χ1) is 12.7. The molecule has 1 fully saturated rings. The summed E-state index contributed by atoms with van der Waals surface area (Å²) in [7, 11) is 0. The Kier molecular flexibility index (Phi) is 6.72. The predicted octanol–water partition coefficient (Wildman–Crippen LogP) is 4.50. The lowest BCUT2D eigenvalue weighted by Gasteiger charge is -2.32. The van der Waals surface area contributed by atoms with Crippen molar-refractivity contribution < 1.29 is 0 Å². The predicted molar refractivity (Wildman–Crippen MR) is 114 cm³/mol. The molecule has 1 aliphatic heterocycles. The maximum absolute atomic E-state index is 5.91. The lowest BCUT2D eigenvalue weighted by atomic mass is 9.99. The van der Waals surface area contributed by atoms with Gasteiger partial charge < -0.3 is 10.6 Å². The molecular formula is C21H26N4S. The summed E-state index contributed by atoms with van der Waals surface area (Å²) in [4.78, 5) is 2.46. The van der Waals surface area contributed by atoms with Gasteiger partial charge in [0, 0.05) is 24.5 Å². The van der Waals surface area contributed by atoms with Crippen LogP contribution in [-0.4, -0.2) is 24.5 Å². The van der Waals surface area contributed by atoms with E-state index < -0.39 is 0 Å². The highest BCUT2D eigenvalue weighted by Gasteiger charge is 2.15. The van der Waals surface area contributed by atoms with Gasteiger partial charge in [-0.3, -0.25) is 0 Å². The van der Waals surface area contributed by atoms with Crippen molar-refractivity contribution in [1.82, 2.24) is 0 Å². The molecule has 0 aliphatic carbocycles. The van der Waals surface area contributed by atoms with Crippen LogP contribution in [0.15, 0.2) is 64.8 Å². The molecule has 1 saturated heterocycles. The number of piperidine rings is 1. The normalized spacial score (nSPS) is 16.3. The minimum Gasteiger partial charge on any atom is -0.377 e. The average molecular weight is 367 g/mol. The number of thioether (sulfide) groups is 1. The van der Waals surface area contributed by atoms with E-state index in [4.69, 9.17) is 5.73 Å². The zero-order chi connectivity index (χ0) is 18.2. The van der Waals surface area contributed by atoms with Crippen LogP contribution >= 0.6 is 11.8 Å². The van der Waals surface area contributed by atoms with E-state index in [0.29, 0.717) is 5.17 Å². The molecule has 3 rings (SSSR count). The lowest BCUT2D eigenvalue weighted by molar-refractivity contribution is 0.438. The fourth-order valence-corrected chi connectivity index (χ4v) is 3.56. The zero-order valence-electron chi connectivity index (χ0n) is 15.2. The number of hydrogen-bond acceptors (Lipinski definition) is 4. The molecule has 2 aromatic rings. The van der Waals surface area contributed by atoms with Crippen LogP contribution in [0, 0.1) is 5.92 Å². The lowest BCUT2D eigenvalue weighted by Crippen LogP contribution is -2.32. The van der Waals surface area contributed by atoms with Crippen molar-refractivity contribution in [3.63, 3.8) is 0 Å². The Balaban J connectivity index is 1.50. The molecule has 26 heavy (non-hydrogen) atoms. The van der Waals surface area contributed by atoms with Gasteiger partial charge in [0.05, 0.1) is 6.21 Å². The number of benzene rings is 2. The third kappa shape index (κ3) is 5.63. The molecule has 136 valence electrons. The van der Waals surface area contributed by atoms with Crippen molar-refractivity contribution >= 4 is 28.8 Å². The molecule has 0 radical (unpaired) electrons. The molecule has 0 saturated carbocycles. The largest absolute Gasteiger partial charge is 0.377 e. The molecule has 0 spiro atoms. The van der Waals surface area contributed by atoms with Crippen LogP contribution in [0.5, 0.6) is 0 Å². The van der Waals surface area contributed by atoms with Crippen LogP contribution < -0.4 is 10.6 Å². The van der Waals surface area contributed by atoms with E-state index in [2.05, 4.69) is 58.4 Å². The Morgan fingerprint density at radius 3 is 2.50 bits per heavy atom. The maximum atomic E-state index is 5.91. The first kappa shape index (κ1) is 18.5. The van der Waals surface area contributed by atoms with Gasteiger partial charge in [-0.05, 0) is 42.0 Å². The van der Waals surface area contributed by atoms with Crippen molar-refractivity contribution in [1.29, 1.82) is 0 Å². The van der Waals surface area contributed by atoms with Crippen molar-refractivity contribution in [2.75, 3.05) is 18.0 Å². The Morgan fingerprint density at radius 1 is 1.12 bits per heavy atom. The smallest absolute Gasteiger partial charge is 0.180 e. The number of rotatable bonds is 5. The van der Waals surface area contributed by atoms with Crippen LogP contribution in [0.3, 0.4) is 0 Å². The number of nitrogens with zero attached hydrogens (tertiary/aromatic N) is 3. The standard InChI is InChI=1S/C21H26N4S/c1-17-11-13-25(14-12-17)20-9-7-18(8-10-20)15-23-24-21(22)26-16-19-5-3-2-4-6-19/h2-10,15,17H,11-14,16H2,1H3,(H2,22,24). The molecule has 1 aliphatic rings. The summed E-state index contributed by atoms with van der Waals surface area (Å²) in [5, 5.41) is 8.66. The van der Waals surface area contributed by atoms with Crippen molar-refractivity contribution in [3.05, 3.63) is 65.7 Å². The summed E-state index contributed by atoms with van der Waals surface area (Å²) in [5.41, 5.74) is 9.45. The summed E-state index contributed by atoms with van der Waals surface area (Å²) in [6, 6.07) is 18.7. The first-order valence-corrected chi connectivity index (χ1v) is 10.1. The van der Waals surface area contributed by atoms with Gasteiger partial charge in [0.2, 0.25) is 0 Å². The van der Waals surface area contributed by atoms with Crippen LogP contribution in [0.2, 0.25) is 0 Å². The number of anilines is 1. The number of nitrogens with two attached hydrogens (primary N) is 1. The maximum Gasteiger partial charge on any atom is 0.180 e. The third-order valence-corrected chi connectivity index (χ3v) is 5.49. The van der Waals surface area contributed by atoms with Crippen molar-refractivity contribution in [3.8, 4) is 0 Å². The highest BCUT2D eigenvalue weighted by atomic mass is 32.2. The average Bonchev–Trinajstić information content (AvgIpc) is 2.68. The van der Waals surface area contributed by atoms with Crippen LogP contribution in [0.4, 0.5) is 5.69 Å². The second-order valence-corrected chi connectivity index (χ2v) is 7.71. The first-order valence-electron chi connectivity index (χ1n) is 9.09. The van der Waals surface area contributed by atoms with Gasteiger partial charge in [-0.15, -0.1) is 5.10 Å². The van der Waals surface area contributed by atoms with Gasteiger partial charge in [0.15, 0.2) is 5.17 Å². The van der Waals surface area contributed by atoms with E-state index in [9.17, 15) is 0 Å². The molecule has 0 unspecified atom stereocenters. The molecule has 0 amide bonds. The van der Waals surface area contributed by atoms with E-state index in [0.717, 1.165) is 30.3 Å². The summed E-state index contributed by atoms with van der Waals surface area (Å²) < 4.78 is 0. The second kappa shape index (κ2) is 9.43. The fourth-order valence-electron chi connectivity index (χ4n) is 2.95. The van der Waals surface area contributed by atoms with Gasteiger partial charge in [0.1, 0.15) is 0 Å². The number of amidine groups is 1. The van der Waals surface area contributed by atoms with Crippen molar-refractivity contribution in [2.24, 2.45) is 21.9 Å². The molecule has 1 heterocycles. The van der Waals surface area contributed by atoms with Crippen LogP contribution in [-0.2, 0) is 5.75 Å². The van der Waals surface area contributed by atoms with Gasteiger partial charge in [-0.25, -0.2) is 0 Å².